The van der Waals surface area contributed by atoms with E-state index in [2.05, 4.69) is 22.2 Å². The van der Waals surface area contributed by atoms with Crippen LogP contribution in [0.1, 0.15) is 48.8 Å². The van der Waals surface area contributed by atoms with E-state index >= 15 is 0 Å². The molecule has 0 bridgehead atoms. The summed E-state index contributed by atoms with van der Waals surface area (Å²) < 4.78 is 5.36. The summed E-state index contributed by atoms with van der Waals surface area (Å²) >= 11 is 0. The molecule has 1 saturated heterocycles. The monoisotopic (exact) mass is 354 g/mol. The zero-order valence-corrected chi connectivity index (χ0v) is 15.7. The summed E-state index contributed by atoms with van der Waals surface area (Å²) in [6.45, 7) is 4.81. The van der Waals surface area contributed by atoms with E-state index in [4.69, 9.17) is 4.74 Å². The normalized spacial score (nSPS) is 17.0. The smallest absolute Gasteiger partial charge is 0.272 e. The Balaban J connectivity index is 1.86. The number of carbonyl (C=O) groups excluding carboxylic acids is 1. The van der Waals surface area contributed by atoms with Crippen LogP contribution in [-0.2, 0) is 0 Å². The van der Waals surface area contributed by atoms with Gasteiger partial charge in [-0.15, -0.1) is 0 Å². The number of hydrogen-bond donors (Lipinski definition) is 1. The second-order valence-electron chi connectivity index (χ2n) is 6.60. The van der Waals surface area contributed by atoms with Gasteiger partial charge in [0.2, 0.25) is 5.95 Å². The van der Waals surface area contributed by atoms with Crippen molar-refractivity contribution in [3.63, 3.8) is 0 Å². The van der Waals surface area contributed by atoms with Gasteiger partial charge in [-0.25, -0.2) is 9.97 Å². The molecule has 6 heteroatoms. The molecular formula is C20H26N4O2. The first-order valence-electron chi connectivity index (χ1n) is 9.19. The van der Waals surface area contributed by atoms with Crippen LogP contribution in [0.15, 0.2) is 30.3 Å². The molecule has 1 amide bonds. The Morgan fingerprint density at radius 2 is 2.12 bits per heavy atom. The molecule has 2 heterocycles. The van der Waals surface area contributed by atoms with Crippen LogP contribution >= 0.6 is 0 Å². The van der Waals surface area contributed by atoms with Gasteiger partial charge in [0.25, 0.3) is 5.91 Å². The Labute approximate surface area is 154 Å². The van der Waals surface area contributed by atoms with Crippen molar-refractivity contribution in [2.45, 2.75) is 45.6 Å². The van der Waals surface area contributed by atoms with Crippen LogP contribution in [0.5, 0.6) is 5.75 Å². The highest BCUT2D eigenvalue weighted by Gasteiger charge is 2.27. The number of rotatable bonds is 5. The number of hydrogen-bond acceptors (Lipinski definition) is 5. The largest absolute Gasteiger partial charge is 0.495 e. The summed E-state index contributed by atoms with van der Waals surface area (Å²) in [4.78, 5) is 23.9. The molecule has 1 aromatic carbocycles. The van der Waals surface area contributed by atoms with Gasteiger partial charge in [0.05, 0.1) is 12.8 Å². The van der Waals surface area contributed by atoms with Crippen LogP contribution in [0.25, 0.3) is 0 Å². The number of anilines is 2. The van der Waals surface area contributed by atoms with Gasteiger partial charge in [0.1, 0.15) is 11.4 Å². The van der Waals surface area contributed by atoms with Gasteiger partial charge in [0.15, 0.2) is 0 Å². The van der Waals surface area contributed by atoms with Crippen LogP contribution in [0.2, 0.25) is 0 Å². The first-order chi connectivity index (χ1) is 12.6. The van der Waals surface area contributed by atoms with E-state index in [1.165, 1.54) is 6.42 Å². The molecule has 1 aliphatic rings. The highest BCUT2D eigenvalue weighted by molar-refractivity contribution is 5.93. The van der Waals surface area contributed by atoms with Gasteiger partial charge in [-0.3, -0.25) is 4.79 Å². The second kappa shape index (κ2) is 8.17. The summed E-state index contributed by atoms with van der Waals surface area (Å²) in [7, 11) is 1.62. The van der Waals surface area contributed by atoms with Gasteiger partial charge in [0, 0.05) is 18.3 Å². The van der Waals surface area contributed by atoms with Crippen molar-refractivity contribution >= 4 is 17.5 Å². The Hall–Kier alpha value is -2.63. The van der Waals surface area contributed by atoms with E-state index in [0.717, 1.165) is 37.2 Å². The van der Waals surface area contributed by atoms with Crippen LogP contribution in [0.3, 0.4) is 0 Å². The highest BCUT2D eigenvalue weighted by atomic mass is 16.5. The molecule has 1 aromatic heterocycles. The maximum absolute atomic E-state index is 13.0. The molecule has 1 aliphatic heterocycles. The molecule has 1 N–H and O–H groups in total. The molecule has 26 heavy (non-hydrogen) atoms. The number of benzene rings is 1. The number of likely N-dealkylation sites (tertiary alicyclic amines) is 1. The number of aromatic nitrogens is 2. The van der Waals surface area contributed by atoms with E-state index in [9.17, 15) is 4.79 Å². The predicted molar refractivity (Wildman–Crippen MR) is 102 cm³/mol. The Bertz CT molecular complexity index is 778. The van der Waals surface area contributed by atoms with Crippen LogP contribution in [0, 0.1) is 6.92 Å². The number of para-hydroxylation sites is 2. The zero-order valence-electron chi connectivity index (χ0n) is 15.7. The number of nitrogens with one attached hydrogen (secondary N) is 1. The molecule has 1 fully saturated rings. The number of nitrogens with zero attached hydrogens (tertiary/aromatic N) is 3. The lowest BCUT2D eigenvalue weighted by molar-refractivity contribution is 0.0602. The van der Waals surface area contributed by atoms with Crippen molar-refractivity contribution in [3.05, 3.63) is 41.7 Å². The molecule has 0 saturated carbocycles. The average molecular weight is 354 g/mol. The average Bonchev–Trinajstić information content (AvgIpc) is 2.67. The van der Waals surface area contributed by atoms with Crippen molar-refractivity contribution in [1.82, 2.24) is 14.9 Å². The maximum atomic E-state index is 13.0. The number of methoxy groups -OCH3 is 1. The fraction of sp³-hybridized carbons (Fsp3) is 0.450. The summed E-state index contributed by atoms with van der Waals surface area (Å²) in [6, 6.07) is 9.63. The molecule has 6 nitrogen and oxygen atoms in total. The first-order valence-corrected chi connectivity index (χ1v) is 9.19. The third-order valence-electron chi connectivity index (χ3n) is 4.79. The van der Waals surface area contributed by atoms with Gasteiger partial charge in [-0.1, -0.05) is 19.1 Å². The standard InChI is InChI=1S/C20H26N4O2/c1-4-15-9-7-8-12-24(15)19(25)17-13-14(2)21-20(23-17)22-16-10-5-6-11-18(16)26-3/h5-6,10-11,13,15H,4,7-9,12H2,1-3H3,(H,21,22,23). The molecule has 0 spiro atoms. The fourth-order valence-corrected chi connectivity index (χ4v) is 3.44. The van der Waals surface area contributed by atoms with Gasteiger partial charge < -0.3 is 15.0 Å². The third-order valence-corrected chi connectivity index (χ3v) is 4.79. The van der Waals surface area contributed by atoms with Gasteiger partial charge >= 0.3 is 0 Å². The van der Waals surface area contributed by atoms with Crippen LogP contribution in [0.4, 0.5) is 11.6 Å². The minimum absolute atomic E-state index is 0.00914. The van der Waals surface area contributed by atoms with Crippen molar-refractivity contribution in [2.75, 3.05) is 19.0 Å². The van der Waals surface area contributed by atoms with E-state index in [1.54, 1.807) is 13.2 Å². The van der Waals surface area contributed by atoms with E-state index in [0.29, 0.717) is 23.4 Å². The summed E-state index contributed by atoms with van der Waals surface area (Å²) in [5, 5.41) is 3.17. The zero-order chi connectivity index (χ0) is 18.5. The maximum Gasteiger partial charge on any atom is 0.272 e. The fourth-order valence-electron chi connectivity index (χ4n) is 3.44. The number of amides is 1. The molecule has 2 aromatic rings. The number of ether oxygens (including phenoxy) is 1. The first kappa shape index (κ1) is 18.2. The molecule has 1 unspecified atom stereocenters. The minimum Gasteiger partial charge on any atom is -0.495 e. The van der Waals surface area contributed by atoms with Crippen molar-refractivity contribution in [3.8, 4) is 5.75 Å². The Kier molecular flexibility index (Phi) is 5.71. The lowest BCUT2D eigenvalue weighted by Crippen LogP contribution is -2.43. The summed E-state index contributed by atoms with van der Waals surface area (Å²) in [5.41, 5.74) is 1.96. The second-order valence-corrected chi connectivity index (χ2v) is 6.60. The van der Waals surface area contributed by atoms with Crippen molar-refractivity contribution in [1.29, 1.82) is 0 Å². The van der Waals surface area contributed by atoms with Crippen LogP contribution in [-0.4, -0.2) is 40.5 Å². The van der Waals surface area contributed by atoms with E-state index in [-0.39, 0.29) is 5.91 Å². The number of carbonyl (C=O) groups is 1. The summed E-state index contributed by atoms with van der Waals surface area (Å²) in [5.74, 6) is 1.10. The van der Waals surface area contributed by atoms with Crippen molar-refractivity contribution in [2.24, 2.45) is 0 Å². The predicted octanol–water partition coefficient (Wildman–Crippen LogP) is 3.94. The lowest BCUT2D eigenvalue weighted by Gasteiger charge is -2.35. The van der Waals surface area contributed by atoms with Gasteiger partial charge in [-0.2, -0.15) is 0 Å². The molecule has 0 radical (unpaired) electrons. The molecule has 3 rings (SSSR count). The molecule has 0 aliphatic carbocycles. The van der Waals surface area contributed by atoms with Crippen LogP contribution < -0.4 is 10.1 Å². The number of aryl methyl sites for hydroxylation is 1. The minimum atomic E-state index is -0.00914. The number of piperidine rings is 1. The highest BCUT2D eigenvalue weighted by Crippen LogP contribution is 2.26. The lowest BCUT2D eigenvalue weighted by atomic mass is 9.99. The van der Waals surface area contributed by atoms with E-state index in [1.807, 2.05) is 36.1 Å². The molecule has 138 valence electrons. The van der Waals surface area contributed by atoms with E-state index < -0.39 is 0 Å². The Morgan fingerprint density at radius 3 is 2.88 bits per heavy atom. The molecular weight excluding hydrogens is 328 g/mol. The molecule has 1 atom stereocenters. The van der Waals surface area contributed by atoms with Gasteiger partial charge in [-0.05, 0) is 50.8 Å². The van der Waals surface area contributed by atoms with Crippen molar-refractivity contribution < 1.29 is 9.53 Å². The summed E-state index contributed by atoms with van der Waals surface area (Å²) in [6.07, 6.45) is 4.28. The third kappa shape index (κ3) is 3.95. The Morgan fingerprint density at radius 1 is 1.31 bits per heavy atom. The topological polar surface area (TPSA) is 67.4 Å². The quantitative estimate of drug-likeness (QED) is 0.881. The SMILES string of the molecule is CCC1CCCCN1C(=O)c1cc(C)nc(Nc2ccccc2OC)n1.